The highest BCUT2D eigenvalue weighted by molar-refractivity contribution is 6.26. The number of benzene rings is 1. The number of hydrogen-bond donors (Lipinski definition) is 1. The van der Waals surface area contributed by atoms with Crippen molar-refractivity contribution in [2.24, 2.45) is 4.99 Å². The van der Waals surface area contributed by atoms with E-state index in [1.807, 2.05) is 18.2 Å². The molecule has 0 atom stereocenters. The normalized spacial score (nSPS) is 14.1. The lowest BCUT2D eigenvalue weighted by atomic mass is 10.1. The third-order valence-electron chi connectivity index (χ3n) is 1.77. The molecule has 1 aliphatic rings. The highest BCUT2D eigenvalue weighted by atomic mass is 35.5. The Morgan fingerprint density at radius 1 is 1.36 bits per heavy atom. The summed E-state index contributed by atoms with van der Waals surface area (Å²) in [6.07, 6.45) is 0. The molecule has 0 aliphatic carbocycles. The van der Waals surface area contributed by atoms with Crippen LogP contribution in [0, 0.1) is 0 Å². The summed E-state index contributed by atoms with van der Waals surface area (Å²) in [5, 5.41) is 0. The minimum atomic E-state index is 0.741. The monoisotopic (exact) mass is 166 g/mol. The summed E-state index contributed by atoms with van der Waals surface area (Å²) in [6.45, 7) is 0.741. The number of hydrogen-bond acceptors (Lipinski definition) is 2. The van der Waals surface area contributed by atoms with Crippen LogP contribution in [0.2, 0.25) is 0 Å². The van der Waals surface area contributed by atoms with Crippen molar-refractivity contribution >= 4 is 17.6 Å². The number of fused-ring (bicyclic) bond motifs is 1. The lowest BCUT2D eigenvalue weighted by Gasteiger charge is -1.98. The van der Waals surface area contributed by atoms with Gasteiger partial charge in [-0.15, -0.1) is 0 Å². The first-order valence-electron chi connectivity index (χ1n) is 3.41. The minimum Gasteiger partial charge on any atom is -0.282 e. The van der Waals surface area contributed by atoms with Gasteiger partial charge in [0.1, 0.15) is 5.84 Å². The predicted molar refractivity (Wildman–Crippen MR) is 45.7 cm³/mol. The van der Waals surface area contributed by atoms with E-state index in [9.17, 15) is 0 Å². The Kier molecular flexibility index (Phi) is 1.55. The molecule has 0 spiro atoms. The average molecular weight is 167 g/mol. The van der Waals surface area contributed by atoms with E-state index in [-0.39, 0.29) is 0 Å². The van der Waals surface area contributed by atoms with E-state index < -0.39 is 0 Å². The molecule has 0 radical (unpaired) electrons. The molecule has 0 saturated carbocycles. The highest BCUT2D eigenvalue weighted by Gasteiger charge is 2.12. The zero-order valence-corrected chi connectivity index (χ0v) is 6.60. The minimum absolute atomic E-state index is 0.741. The molecule has 3 heteroatoms. The lowest BCUT2D eigenvalue weighted by molar-refractivity contribution is 1.10. The Labute approximate surface area is 70.0 Å². The maximum atomic E-state index is 5.45. The molecule has 0 aromatic heterocycles. The van der Waals surface area contributed by atoms with Crippen molar-refractivity contribution in [3.8, 4) is 0 Å². The first kappa shape index (κ1) is 6.68. The standard InChI is InChI=1S/C8H7ClN2/c9-11-8-7-4-2-1-3-6(7)5-10-8/h1-4H,5H2,(H,10,11). The molecule has 0 saturated heterocycles. The summed E-state index contributed by atoms with van der Waals surface area (Å²) in [7, 11) is 0. The quantitative estimate of drug-likeness (QED) is 0.583. The maximum absolute atomic E-state index is 5.45. The summed E-state index contributed by atoms with van der Waals surface area (Å²) in [6, 6.07) is 8.05. The van der Waals surface area contributed by atoms with Gasteiger partial charge in [0.25, 0.3) is 0 Å². The Bertz CT molecular complexity index is 307. The van der Waals surface area contributed by atoms with E-state index in [2.05, 4.69) is 15.9 Å². The van der Waals surface area contributed by atoms with Crippen molar-refractivity contribution < 1.29 is 0 Å². The number of halogens is 1. The van der Waals surface area contributed by atoms with Gasteiger partial charge in [-0.1, -0.05) is 24.3 Å². The van der Waals surface area contributed by atoms with Gasteiger partial charge in [0, 0.05) is 17.3 Å². The summed E-state index contributed by atoms with van der Waals surface area (Å²) >= 11 is 5.45. The molecule has 11 heavy (non-hydrogen) atoms. The van der Waals surface area contributed by atoms with Crippen LogP contribution in [0.5, 0.6) is 0 Å². The van der Waals surface area contributed by atoms with Gasteiger partial charge < -0.3 is 0 Å². The molecule has 1 N–H and O–H groups in total. The number of amidine groups is 1. The fraction of sp³-hybridized carbons (Fsp3) is 0.125. The molecule has 1 aliphatic heterocycles. The van der Waals surface area contributed by atoms with Crippen molar-refractivity contribution in [1.29, 1.82) is 0 Å². The molecule has 1 aromatic rings. The van der Waals surface area contributed by atoms with Gasteiger partial charge in [-0.25, -0.2) is 0 Å². The van der Waals surface area contributed by atoms with Gasteiger partial charge in [0.05, 0.1) is 6.54 Å². The summed E-state index contributed by atoms with van der Waals surface area (Å²) in [5.74, 6) is 0.780. The molecule has 2 nitrogen and oxygen atoms in total. The lowest BCUT2D eigenvalue weighted by Crippen LogP contribution is -2.11. The molecule has 1 heterocycles. The third kappa shape index (κ3) is 0.994. The van der Waals surface area contributed by atoms with E-state index in [1.54, 1.807) is 0 Å². The van der Waals surface area contributed by atoms with Crippen LogP contribution in [0.15, 0.2) is 29.3 Å². The van der Waals surface area contributed by atoms with Crippen LogP contribution < -0.4 is 4.84 Å². The van der Waals surface area contributed by atoms with Crippen LogP contribution in [0.4, 0.5) is 0 Å². The van der Waals surface area contributed by atoms with Crippen molar-refractivity contribution in [1.82, 2.24) is 4.84 Å². The van der Waals surface area contributed by atoms with E-state index in [0.717, 1.165) is 17.9 Å². The fourth-order valence-corrected chi connectivity index (χ4v) is 1.38. The molecular formula is C8H7ClN2. The Morgan fingerprint density at radius 3 is 3.00 bits per heavy atom. The summed E-state index contributed by atoms with van der Waals surface area (Å²) in [5.41, 5.74) is 2.35. The Balaban J connectivity index is 2.48. The Hall–Kier alpha value is -1.02. The van der Waals surface area contributed by atoms with E-state index in [1.165, 1.54) is 5.56 Å². The second kappa shape index (κ2) is 2.55. The maximum Gasteiger partial charge on any atom is 0.143 e. The van der Waals surface area contributed by atoms with E-state index in [0.29, 0.717) is 0 Å². The zero-order valence-electron chi connectivity index (χ0n) is 5.84. The second-order valence-electron chi connectivity index (χ2n) is 2.42. The van der Waals surface area contributed by atoms with Crippen molar-refractivity contribution in [2.75, 3.05) is 0 Å². The first-order valence-corrected chi connectivity index (χ1v) is 3.79. The van der Waals surface area contributed by atoms with Gasteiger partial charge in [-0.05, 0) is 5.56 Å². The molecule has 2 rings (SSSR count). The fourth-order valence-electron chi connectivity index (χ4n) is 1.22. The molecule has 1 aromatic carbocycles. The predicted octanol–water partition coefficient (Wildman–Crippen LogP) is 1.69. The smallest absolute Gasteiger partial charge is 0.143 e. The SMILES string of the molecule is ClNC1=NCc2ccccc21. The number of nitrogens with zero attached hydrogens (tertiary/aromatic N) is 1. The second-order valence-corrected chi connectivity index (χ2v) is 2.61. The molecule has 0 bridgehead atoms. The van der Waals surface area contributed by atoms with Gasteiger partial charge in [-0.3, -0.25) is 9.83 Å². The number of aliphatic imine (C=N–C) groups is 1. The summed E-state index contributed by atoms with van der Waals surface area (Å²) in [4.78, 5) is 6.74. The topological polar surface area (TPSA) is 24.4 Å². The van der Waals surface area contributed by atoms with Crippen molar-refractivity contribution in [2.45, 2.75) is 6.54 Å². The third-order valence-corrected chi connectivity index (χ3v) is 1.95. The summed E-state index contributed by atoms with van der Waals surface area (Å²) < 4.78 is 0. The molecular weight excluding hydrogens is 160 g/mol. The van der Waals surface area contributed by atoms with Gasteiger partial charge in [-0.2, -0.15) is 0 Å². The number of rotatable bonds is 0. The molecule has 56 valence electrons. The molecule has 0 amide bonds. The zero-order chi connectivity index (χ0) is 7.68. The van der Waals surface area contributed by atoms with Crippen molar-refractivity contribution in [3.05, 3.63) is 35.4 Å². The average Bonchev–Trinajstić information content (AvgIpc) is 2.47. The van der Waals surface area contributed by atoms with Gasteiger partial charge in [0.2, 0.25) is 0 Å². The Morgan fingerprint density at radius 2 is 2.18 bits per heavy atom. The van der Waals surface area contributed by atoms with Crippen LogP contribution in [0.1, 0.15) is 11.1 Å². The first-order chi connectivity index (χ1) is 5.42. The van der Waals surface area contributed by atoms with Gasteiger partial charge >= 0.3 is 0 Å². The van der Waals surface area contributed by atoms with E-state index in [4.69, 9.17) is 11.8 Å². The van der Waals surface area contributed by atoms with Crippen molar-refractivity contribution in [3.63, 3.8) is 0 Å². The number of nitrogens with one attached hydrogen (secondary N) is 1. The van der Waals surface area contributed by atoms with Crippen LogP contribution >= 0.6 is 11.8 Å². The molecule has 0 fully saturated rings. The largest absolute Gasteiger partial charge is 0.282 e. The van der Waals surface area contributed by atoms with Crippen LogP contribution in [-0.4, -0.2) is 5.84 Å². The van der Waals surface area contributed by atoms with Crippen LogP contribution in [0.3, 0.4) is 0 Å². The molecule has 0 unspecified atom stereocenters. The van der Waals surface area contributed by atoms with Gasteiger partial charge in [0.15, 0.2) is 0 Å². The van der Waals surface area contributed by atoms with E-state index >= 15 is 0 Å². The van der Waals surface area contributed by atoms with Crippen LogP contribution in [-0.2, 0) is 6.54 Å². The van der Waals surface area contributed by atoms with Crippen LogP contribution in [0.25, 0.3) is 0 Å². The highest BCUT2D eigenvalue weighted by Crippen LogP contribution is 2.16.